The number of carbonyl (C=O) groups excluding carboxylic acids is 3. The molecule has 6 nitrogen and oxygen atoms in total. The molecule has 0 saturated carbocycles. The molecule has 0 saturated heterocycles. The third kappa shape index (κ3) is 70.8. The van der Waals surface area contributed by atoms with Crippen LogP contribution in [0.2, 0.25) is 0 Å². The number of carbonyl (C=O) groups is 3. The van der Waals surface area contributed by atoms with E-state index in [4.69, 9.17) is 14.2 Å². The quantitative estimate of drug-likeness (QED) is 0.0261. The van der Waals surface area contributed by atoms with Crippen molar-refractivity contribution in [2.24, 2.45) is 0 Å². The minimum atomic E-state index is -0.768. The van der Waals surface area contributed by atoms with Gasteiger partial charge in [0.25, 0.3) is 0 Å². The van der Waals surface area contributed by atoms with Gasteiger partial charge in [-0.15, -0.1) is 0 Å². The predicted octanol–water partition coefficient (Wildman–Crippen LogP) is 26.3. The second kappa shape index (κ2) is 72.6. The van der Waals surface area contributed by atoms with E-state index in [1.807, 2.05) is 0 Å². The monoisotopic (exact) mass is 1170 g/mol. The van der Waals surface area contributed by atoms with Crippen LogP contribution < -0.4 is 0 Å². The maximum absolute atomic E-state index is 13.0. The summed E-state index contributed by atoms with van der Waals surface area (Å²) >= 11 is 0. The molecule has 0 aliphatic rings. The third-order valence-electron chi connectivity index (χ3n) is 17.8. The highest BCUT2D eigenvalue weighted by Gasteiger charge is 2.20. The van der Waals surface area contributed by atoms with Gasteiger partial charge in [-0.3, -0.25) is 14.4 Å². The Kier molecular flexibility index (Phi) is 71.0. The van der Waals surface area contributed by atoms with Gasteiger partial charge in [0.05, 0.1) is 0 Å². The Hall–Kier alpha value is -1.85. The van der Waals surface area contributed by atoms with Crippen LogP contribution >= 0.6 is 0 Å². The Labute approximate surface area is 520 Å². The van der Waals surface area contributed by atoms with Crippen LogP contribution in [0, 0.1) is 0 Å². The fraction of sp³-hybridized carbons (Fsp3) is 0.935. The highest BCUT2D eigenvalue weighted by Crippen LogP contribution is 2.20. The van der Waals surface area contributed by atoms with E-state index in [0.29, 0.717) is 19.3 Å². The summed E-state index contributed by atoms with van der Waals surface area (Å²) in [5.74, 6) is -0.827. The number of hydrogen-bond donors (Lipinski definition) is 0. The molecule has 0 amide bonds. The van der Waals surface area contributed by atoms with Crippen LogP contribution in [0.25, 0.3) is 0 Å². The SMILES string of the molecule is CCCCCCCCCC/C=C\CCCCCCCCCCCC(=O)OC(COC(=O)CCCCCCCCCCCCCCCC)COC(=O)CCCCCCCCCCCCCCCCCCCCCCCCCCCCCCCC. The molecule has 0 N–H and O–H groups in total. The van der Waals surface area contributed by atoms with E-state index in [1.54, 1.807) is 0 Å². The molecule has 0 aromatic heterocycles. The average Bonchev–Trinajstić information content (AvgIpc) is 3.49. The first-order valence-electron chi connectivity index (χ1n) is 38.2. The zero-order valence-corrected chi connectivity index (χ0v) is 56.8. The smallest absolute Gasteiger partial charge is 0.306 e. The lowest BCUT2D eigenvalue weighted by Gasteiger charge is -2.18. The first kappa shape index (κ1) is 81.2. The van der Waals surface area contributed by atoms with E-state index < -0.39 is 6.10 Å². The third-order valence-corrected chi connectivity index (χ3v) is 17.8. The Morgan fingerprint density at radius 2 is 0.398 bits per heavy atom. The second-order valence-electron chi connectivity index (χ2n) is 26.3. The largest absolute Gasteiger partial charge is 0.462 e. The molecule has 0 bridgehead atoms. The molecule has 0 aromatic carbocycles. The van der Waals surface area contributed by atoms with Gasteiger partial charge < -0.3 is 14.2 Å². The van der Waals surface area contributed by atoms with Crippen LogP contribution in [-0.2, 0) is 28.6 Å². The first-order chi connectivity index (χ1) is 41.0. The van der Waals surface area contributed by atoms with Crippen LogP contribution in [0.1, 0.15) is 445 Å². The lowest BCUT2D eigenvalue weighted by Crippen LogP contribution is -2.30. The number of ether oxygens (including phenoxy) is 3. The van der Waals surface area contributed by atoms with Gasteiger partial charge in [-0.2, -0.15) is 0 Å². The van der Waals surface area contributed by atoms with Crippen molar-refractivity contribution < 1.29 is 28.6 Å². The van der Waals surface area contributed by atoms with Crippen molar-refractivity contribution >= 4 is 17.9 Å². The van der Waals surface area contributed by atoms with Gasteiger partial charge in [-0.1, -0.05) is 392 Å². The Morgan fingerprint density at radius 1 is 0.229 bits per heavy atom. The number of esters is 3. The minimum Gasteiger partial charge on any atom is -0.462 e. The van der Waals surface area contributed by atoms with E-state index in [1.165, 1.54) is 347 Å². The topological polar surface area (TPSA) is 78.9 Å². The average molecular weight is 1170 g/mol. The van der Waals surface area contributed by atoms with E-state index in [-0.39, 0.29) is 31.1 Å². The number of allylic oxidation sites excluding steroid dienone is 2. The summed E-state index contributed by atoms with van der Waals surface area (Å²) in [7, 11) is 0. The summed E-state index contributed by atoms with van der Waals surface area (Å²) in [4.78, 5) is 38.5. The first-order valence-corrected chi connectivity index (χ1v) is 38.2. The summed E-state index contributed by atoms with van der Waals surface area (Å²) in [5, 5.41) is 0. The van der Waals surface area contributed by atoms with E-state index in [9.17, 15) is 14.4 Å². The van der Waals surface area contributed by atoms with Crippen molar-refractivity contribution in [3.8, 4) is 0 Å². The summed E-state index contributed by atoms with van der Waals surface area (Å²) in [6.07, 6.45) is 88.4. The summed E-state index contributed by atoms with van der Waals surface area (Å²) in [5.41, 5.74) is 0. The molecule has 1 atom stereocenters. The standard InChI is InChI=1S/C77H148O6/c1-4-7-10-13-16-19-22-25-28-30-32-34-35-36-37-38-39-40-41-42-44-45-47-49-52-55-58-61-64-67-70-76(79)82-73-74(72-81-75(78)69-66-63-60-57-54-51-27-24-21-18-15-12-9-6-3)83-77(80)71-68-65-62-59-56-53-50-48-46-43-33-31-29-26-23-20-17-14-11-8-5-2/h31,33,74H,4-30,32,34-73H2,1-3H3/b33-31-. The Bertz CT molecular complexity index is 1300. The molecule has 0 fully saturated rings. The molecule has 492 valence electrons. The van der Waals surface area contributed by atoms with Gasteiger partial charge in [-0.25, -0.2) is 0 Å². The van der Waals surface area contributed by atoms with Gasteiger partial charge >= 0.3 is 17.9 Å². The van der Waals surface area contributed by atoms with Gasteiger partial charge in [-0.05, 0) is 44.9 Å². The highest BCUT2D eigenvalue weighted by atomic mass is 16.6. The summed E-state index contributed by atoms with van der Waals surface area (Å²) in [6, 6.07) is 0. The van der Waals surface area contributed by atoms with Crippen LogP contribution in [0.5, 0.6) is 0 Å². The Balaban J connectivity index is 4.16. The molecular formula is C77H148O6. The zero-order valence-electron chi connectivity index (χ0n) is 56.8. The fourth-order valence-electron chi connectivity index (χ4n) is 12.0. The number of unbranched alkanes of at least 4 members (excludes halogenated alkanes) is 59. The van der Waals surface area contributed by atoms with Crippen molar-refractivity contribution in [3.05, 3.63) is 12.2 Å². The lowest BCUT2D eigenvalue weighted by atomic mass is 10.0. The van der Waals surface area contributed by atoms with Crippen molar-refractivity contribution in [2.45, 2.75) is 451 Å². The maximum Gasteiger partial charge on any atom is 0.306 e. The predicted molar refractivity (Wildman–Crippen MR) is 363 cm³/mol. The normalized spacial score (nSPS) is 12.0. The van der Waals surface area contributed by atoms with Gasteiger partial charge in [0.1, 0.15) is 13.2 Å². The van der Waals surface area contributed by atoms with Crippen molar-refractivity contribution in [2.75, 3.05) is 13.2 Å². The van der Waals surface area contributed by atoms with Crippen LogP contribution in [0.4, 0.5) is 0 Å². The van der Waals surface area contributed by atoms with Gasteiger partial charge in [0.15, 0.2) is 6.10 Å². The van der Waals surface area contributed by atoms with Crippen molar-refractivity contribution in [1.29, 1.82) is 0 Å². The maximum atomic E-state index is 13.0. The fourth-order valence-corrected chi connectivity index (χ4v) is 12.0. The van der Waals surface area contributed by atoms with Gasteiger partial charge in [0, 0.05) is 19.3 Å². The molecule has 0 heterocycles. The highest BCUT2D eigenvalue weighted by molar-refractivity contribution is 5.71. The van der Waals surface area contributed by atoms with Gasteiger partial charge in [0.2, 0.25) is 0 Å². The van der Waals surface area contributed by atoms with Crippen LogP contribution in [0.15, 0.2) is 12.2 Å². The van der Waals surface area contributed by atoms with E-state index in [2.05, 4.69) is 32.9 Å². The zero-order chi connectivity index (χ0) is 59.9. The molecule has 0 aromatic rings. The number of hydrogen-bond acceptors (Lipinski definition) is 6. The summed E-state index contributed by atoms with van der Waals surface area (Å²) in [6.45, 7) is 6.74. The molecule has 0 spiro atoms. The molecular weight excluding hydrogens is 1020 g/mol. The van der Waals surface area contributed by atoms with Crippen LogP contribution in [-0.4, -0.2) is 37.2 Å². The number of rotatable bonds is 72. The Morgan fingerprint density at radius 3 is 0.602 bits per heavy atom. The minimum absolute atomic E-state index is 0.0636. The molecule has 0 radical (unpaired) electrons. The van der Waals surface area contributed by atoms with E-state index >= 15 is 0 Å². The molecule has 83 heavy (non-hydrogen) atoms. The molecule has 0 rings (SSSR count). The molecule has 0 aliphatic heterocycles. The van der Waals surface area contributed by atoms with Crippen molar-refractivity contribution in [3.63, 3.8) is 0 Å². The van der Waals surface area contributed by atoms with Crippen LogP contribution in [0.3, 0.4) is 0 Å². The molecule has 0 aliphatic carbocycles. The summed E-state index contributed by atoms with van der Waals surface area (Å²) < 4.78 is 17.0. The van der Waals surface area contributed by atoms with E-state index in [0.717, 1.165) is 57.8 Å². The second-order valence-corrected chi connectivity index (χ2v) is 26.3. The lowest BCUT2D eigenvalue weighted by molar-refractivity contribution is -0.167. The molecule has 1 unspecified atom stereocenters. The van der Waals surface area contributed by atoms with Crippen molar-refractivity contribution in [1.82, 2.24) is 0 Å². The molecule has 6 heteroatoms.